The van der Waals surface area contributed by atoms with Gasteiger partial charge in [-0.05, 0) is 25.3 Å². The molecule has 150 valence electrons. The van der Waals surface area contributed by atoms with Crippen LogP contribution in [0.2, 0.25) is 0 Å². The first kappa shape index (κ1) is 19.0. The Morgan fingerprint density at radius 2 is 1.86 bits per heavy atom. The number of alkyl halides is 3. The molecule has 0 saturated heterocycles. The van der Waals surface area contributed by atoms with Gasteiger partial charge in [-0.25, -0.2) is 9.29 Å². The van der Waals surface area contributed by atoms with Crippen molar-refractivity contribution in [3.63, 3.8) is 0 Å². The van der Waals surface area contributed by atoms with E-state index in [9.17, 15) is 31.9 Å². The number of rotatable bonds is 2. The van der Waals surface area contributed by atoms with Crippen molar-refractivity contribution in [3.8, 4) is 18.1 Å². The Labute approximate surface area is 161 Å². The van der Waals surface area contributed by atoms with Crippen LogP contribution in [-0.2, 0) is 14.4 Å². The molecule has 0 aromatic heterocycles. The normalized spacial score (nSPS) is 20.2. The third kappa shape index (κ3) is 2.68. The Kier molecular flexibility index (Phi) is 3.98. The van der Waals surface area contributed by atoms with Gasteiger partial charge in [0.2, 0.25) is 0 Å². The number of hydrogen-bond acceptors (Lipinski definition) is 4. The van der Waals surface area contributed by atoms with E-state index in [4.69, 9.17) is 11.2 Å². The van der Waals surface area contributed by atoms with E-state index < -0.39 is 46.6 Å². The van der Waals surface area contributed by atoms with E-state index in [1.54, 1.807) is 0 Å². The molecule has 2 aliphatic heterocycles. The minimum Gasteiger partial charge on any atom is -0.475 e. The summed E-state index contributed by atoms with van der Waals surface area (Å²) in [6.45, 7) is -0.198. The largest absolute Gasteiger partial charge is 0.475 e. The molecule has 2 heterocycles. The third-order valence-corrected chi connectivity index (χ3v) is 5.14. The van der Waals surface area contributed by atoms with Gasteiger partial charge in [0.05, 0.1) is 17.9 Å². The summed E-state index contributed by atoms with van der Waals surface area (Å²) in [7, 11) is 0. The topological polar surface area (TPSA) is 66.9 Å². The second-order valence-electron chi connectivity index (χ2n) is 6.85. The summed E-state index contributed by atoms with van der Waals surface area (Å²) in [4.78, 5) is 38.2. The molecule has 0 atom stereocenters. The van der Waals surface area contributed by atoms with Crippen molar-refractivity contribution >= 4 is 29.1 Å². The predicted octanol–water partition coefficient (Wildman–Crippen LogP) is 2.47. The first-order chi connectivity index (χ1) is 13.6. The Bertz CT molecular complexity index is 1030. The van der Waals surface area contributed by atoms with Gasteiger partial charge in [0.15, 0.2) is 11.4 Å². The second kappa shape index (κ2) is 6.07. The molecule has 0 bridgehead atoms. The third-order valence-electron chi connectivity index (χ3n) is 5.14. The Balaban J connectivity index is 1.80. The quantitative estimate of drug-likeness (QED) is 0.429. The Hall–Kier alpha value is -3.35. The minimum absolute atomic E-state index is 0.0251. The van der Waals surface area contributed by atoms with Gasteiger partial charge >= 0.3 is 6.18 Å². The van der Waals surface area contributed by atoms with Crippen molar-refractivity contribution in [3.05, 3.63) is 29.6 Å². The Morgan fingerprint density at radius 1 is 1.17 bits per heavy atom. The smallest absolute Gasteiger partial charge is 0.421 e. The van der Waals surface area contributed by atoms with E-state index in [0.29, 0.717) is 12.8 Å². The number of imide groups is 1. The molecule has 1 spiro atoms. The van der Waals surface area contributed by atoms with Crippen LogP contribution in [0.5, 0.6) is 5.75 Å². The molecule has 1 saturated carbocycles. The van der Waals surface area contributed by atoms with Gasteiger partial charge < -0.3 is 4.74 Å². The highest BCUT2D eigenvalue weighted by molar-refractivity contribution is 6.31. The lowest BCUT2D eigenvalue weighted by Crippen LogP contribution is -2.60. The van der Waals surface area contributed by atoms with Gasteiger partial charge in [-0.1, -0.05) is 5.92 Å². The maximum absolute atomic E-state index is 14.7. The second-order valence-corrected chi connectivity index (χ2v) is 6.85. The average Bonchev–Trinajstić information content (AvgIpc) is 2.90. The number of carbonyl (C=O) groups excluding carboxylic acids is 3. The number of carbonyl (C=O) groups is 3. The van der Waals surface area contributed by atoms with Crippen LogP contribution in [0.4, 0.5) is 28.9 Å². The van der Waals surface area contributed by atoms with Crippen molar-refractivity contribution in [2.24, 2.45) is 0 Å². The number of hydrogen-bond donors (Lipinski definition) is 0. The first-order valence-electron chi connectivity index (χ1n) is 8.54. The van der Waals surface area contributed by atoms with Crippen LogP contribution in [-0.4, -0.2) is 36.0 Å². The summed E-state index contributed by atoms with van der Waals surface area (Å²) in [5, 5.41) is 0. The van der Waals surface area contributed by atoms with Crippen LogP contribution in [0, 0.1) is 18.2 Å². The summed E-state index contributed by atoms with van der Waals surface area (Å²) >= 11 is 0. The number of terminal acetylenes is 1. The lowest BCUT2D eigenvalue weighted by atomic mass is 9.77. The van der Waals surface area contributed by atoms with Crippen molar-refractivity contribution in [1.29, 1.82) is 0 Å². The molecule has 1 aromatic rings. The number of benzene rings is 1. The molecule has 10 heteroatoms. The van der Waals surface area contributed by atoms with Crippen LogP contribution in [0.3, 0.4) is 0 Å². The van der Waals surface area contributed by atoms with Crippen LogP contribution in [0.1, 0.15) is 19.3 Å². The summed E-state index contributed by atoms with van der Waals surface area (Å²) in [6.07, 6.45) is 1.91. The predicted molar refractivity (Wildman–Crippen MR) is 91.4 cm³/mol. The van der Waals surface area contributed by atoms with E-state index >= 15 is 0 Å². The van der Waals surface area contributed by atoms with Gasteiger partial charge in [0.25, 0.3) is 17.7 Å². The van der Waals surface area contributed by atoms with E-state index in [1.165, 1.54) is 0 Å². The number of ether oxygens (including phenoxy) is 1. The highest BCUT2D eigenvalue weighted by atomic mass is 19.4. The molecule has 3 amide bonds. The van der Waals surface area contributed by atoms with Crippen LogP contribution in [0.15, 0.2) is 23.8 Å². The molecule has 4 rings (SSSR count). The van der Waals surface area contributed by atoms with E-state index in [-0.39, 0.29) is 29.0 Å². The fraction of sp³-hybridized carbons (Fsp3) is 0.316. The zero-order valence-corrected chi connectivity index (χ0v) is 14.7. The van der Waals surface area contributed by atoms with E-state index in [2.05, 4.69) is 5.92 Å². The van der Waals surface area contributed by atoms with E-state index in [1.807, 2.05) is 0 Å². The molecule has 6 nitrogen and oxygen atoms in total. The Morgan fingerprint density at radius 3 is 2.38 bits per heavy atom. The van der Waals surface area contributed by atoms with Gasteiger partial charge in [-0.15, -0.1) is 6.42 Å². The lowest BCUT2D eigenvalue weighted by molar-refractivity contribution is -0.143. The zero-order chi connectivity index (χ0) is 21.1. The molecule has 0 N–H and O–H groups in total. The maximum atomic E-state index is 14.7. The highest BCUT2D eigenvalue weighted by Crippen LogP contribution is 2.48. The highest BCUT2D eigenvalue weighted by Gasteiger charge is 2.53. The summed E-state index contributed by atoms with van der Waals surface area (Å²) in [5.74, 6) is -2.40. The maximum Gasteiger partial charge on any atom is 0.421 e. The number of fused-ring (bicyclic) bond motifs is 1. The molecule has 1 fully saturated rings. The molecule has 3 aliphatic rings. The number of nitrogens with zero attached hydrogens (tertiary/aromatic N) is 2. The fourth-order valence-corrected chi connectivity index (χ4v) is 3.57. The number of anilines is 2. The minimum atomic E-state index is -5.07. The molecule has 0 unspecified atom stereocenters. The van der Waals surface area contributed by atoms with Gasteiger partial charge in [0, 0.05) is 12.1 Å². The first-order valence-corrected chi connectivity index (χ1v) is 8.54. The molecule has 0 radical (unpaired) electrons. The average molecular weight is 408 g/mol. The molecule has 1 aromatic carbocycles. The van der Waals surface area contributed by atoms with Crippen molar-refractivity contribution < 1.29 is 36.7 Å². The van der Waals surface area contributed by atoms with Crippen LogP contribution < -0.4 is 14.5 Å². The molecule has 1 aliphatic carbocycles. The lowest BCUT2D eigenvalue weighted by Gasteiger charge is -2.47. The van der Waals surface area contributed by atoms with Crippen LogP contribution in [0.25, 0.3) is 0 Å². The van der Waals surface area contributed by atoms with Crippen molar-refractivity contribution in [1.82, 2.24) is 0 Å². The van der Waals surface area contributed by atoms with Crippen LogP contribution >= 0.6 is 0 Å². The molecule has 29 heavy (non-hydrogen) atoms. The fourth-order valence-electron chi connectivity index (χ4n) is 3.57. The van der Waals surface area contributed by atoms with Crippen molar-refractivity contribution in [2.75, 3.05) is 16.3 Å². The SMILES string of the molecule is C#CCN1C(=O)C2(CCC2)Oc2cc(F)c(N3C(=O)C=C(C(F)(F)F)C3=O)cc21. The monoisotopic (exact) mass is 408 g/mol. The van der Waals surface area contributed by atoms with Gasteiger partial charge in [0.1, 0.15) is 11.3 Å². The molecular weight excluding hydrogens is 396 g/mol. The standard InChI is InChI=1S/C19H12F4N2O4/c1-2-6-24-13-9-12(25-15(26)7-10(16(25)27)19(21,22)23)11(20)8-14(13)29-18(17(24)28)4-3-5-18/h1,7-9H,3-6H2. The summed E-state index contributed by atoms with van der Waals surface area (Å²) in [5.41, 5.74) is -3.61. The van der Waals surface area contributed by atoms with Crippen molar-refractivity contribution in [2.45, 2.75) is 31.0 Å². The number of amides is 3. The van der Waals surface area contributed by atoms with Gasteiger partial charge in [-0.3, -0.25) is 19.3 Å². The summed E-state index contributed by atoms with van der Waals surface area (Å²) in [6, 6.07) is 1.77. The molecular formula is C19H12F4N2O4. The zero-order valence-electron chi connectivity index (χ0n) is 14.7. The summed E-state index contributed by atoms with van der Waals surface area (Å²) < 4.78 is 59.2. The van der Waals surface area contributed by atoms with Gasteiger partial charge in [-0.2, -0.15) is 13.2 Å². The number of halogens is 4. The van der Waals surface area contributed by atoms with E-state index in [0.717, 1.165) is 23.5 Å².